The maximum Gasteiger partial charge on any atom is 0.573 e. The highest BCUT2D eigenvalue weighted by Gasteiger charge is 2.42. The Morgan fingerprint density at radius 2 is 1.65 bits per heavy atom. The number of halogens is 7. The number of benzene rings is 1. The summed E-state index contributed by atoms with van der Waals surface area (Å²) >= 11 is 0. The summed E-state index contributed by atoms with van der Waals surface area (Å²) in [7, 11) is 0. The second-order valence-electron chi connectivity index (χ2n) is 3.63. The van der Waals surface area contributed by atoms with E-state index in [0.717, 1.165) is 18.2 Å². The molecular formula is C10H10ClF6NO2. The molecule has 0 fully saturated rings. The number of hydrogen-bond donors (Lipinski definition) is 2. The molecule has 0 aliphatic rings. The monoisotopic (exact) mass is 325 g/mol. The predicted molar refractivity (Wildman–Crippen MR) is 59.4 cm³/mol. The van der Waals surface area contributed by atoms with E-state index in [-0.39, 0.29) is 18.0 Å². The highest BCUT2D eigenvalue weighted by molar-refractivity contribution is 5.85. The molecule has 1 rings (SSSR count). The molecule has 0 saturated heterocycles. The third-order valence-corrected chi connectivity index (χ3v) is 2.15. The highest BCUT2D eigenvalue weighted by Crippen LogP contribution is 2.31. The summed E-state index contributed by atoms with van der Waals surface area (Å²) in [5, 5.41) is 8.92. The van der Waals surface area contributed by atoms with Crippen molar-refractivity contribution in [3.63, 3.8) is 0 Å². The Hall–Kier alpha value is -1.19. The van der Waals surface area contributed by atoms with Gasteiger partial charge in [-0.1, -0.05) is 12.1 Å². The van der Waals surface area contributed by atoms with Gasteiger partial charge in [-0.25, -0.2) is 0 Å². The molecule has 0 aliphatic heterocycles. The van der Waals surface area contributed by atoms with Crippen molar-refractivity contribution < 1.29 is 36.2 Å². The summed E-state index contributed by atoms with van der Waals surface area (Å²) in [6, 6.07) is 1.79. The molecule has 0 aliphatic carbocycles. The molecule has 116 valence electrons. The van der Waals surface area contributed by atoms with Crippen LogP contribution in [0.4, 0.5) is 26.3 Å². The van der Waals surface area contributed by atoms with Crippen LogP contribution >= 0.6 is 12.4 Å². The molecule has 0 unspecified atom stereocenters. The molecular weight excluding hydrogens is 316 g/mol. The summed E-state index contributed by atoms with van der Waals surface area (Å²) < 4.78 is 76.0. The van der Waals surface area contributed by atoms with E-state index in [4.69, 9.17) is 10.8 Å². The maximum absolute atomic E-state index is 12.2. The minimum Gasteiger partial charge on any atom is -0.406 e. The molecule has 3 nitrogen and oxygen atoms in total. The van der Waals surface area contributed by atoms with Gasteiger partial charge in [0.1, 0.15) is 5.75 Å². The number of hydrogen-bond acceptors (Lipinski definition) is 3. The third kappa shape index (κ3) is 5.43. The number of rotatable bonds is 3. The van der Waals surface area contributed by atoms with E-state index in [2.05, 4.69) is 4.74 Å². The van der Waals surface area contributed by atoms with E-state index in [1.165, 1.54) is 0 Å². The first-order chi connectivity index (χ1) is 8.50. The van der Waals surface area contributed by atoms with Crippen molar-refractivity contribution in [1.82, 2.24) is 0 Å². The van der Waals surface area contributed by atoms with Crippen LogP contribution in [0.25, 0.3) is 0 Å². The van der Waals surface area contributed by atoms with Gasteiger partial charge < -0.3 is 15.6 Å². The third-order valence-electron chi connectivity index (χ3n) is 2.15. The molecule has 0 radical (unpaired) electrons. The first-order valence-corrected chi connectivity index (χ1v) is 4.87. The lowest BCUT2D eigenvalue weighted by molar-refractivity contribution is -0.274. The van der Waals surface area contributed by atoms with Crippen molar-refractivity contribution in [2.45, 2.75) is 24.7 Å². The Bertz CT molecular complexity index is 436. The van der Waals surface area contributed by atoms with Crippen LogP contribution in [-0.4, -0.2) is 23.7 Å². The van der Waals surface area contributed by atoms with E-state index in [1.54, 1.807) is 0 Å². The van der Waals surface area contributed by atoms with Gasteiger partial charge >= 0.3 is 12.5 Å². The Labute approximate surface area is 115 Å². The van der Waals surface area contributed by atoms with Crippen LogP contribution in [0.3, 0.4) is 0 Å². The largest absolute Gasteiger partial charge is 0.573 e. The number of ether oxygens (including phenoxy) is 1. The van der Waals surface area contributed by atoms with E-state index < -0.39 is 30.4 Å². The van der Waals surface area contributed by atoms with Crippen LogP contribution in [0.2, 0.25) is 0 Å². The first-order valence-electron chi connectivity index (χ1n) is 4.87. The molecule has 1 aromatic carbocycles. The lowest BCUT2D eigenvalue weighted by Crippen LogP contribution is -2.38. The topological polar surface area (TPSA) is 55.5 Å². The molecule has 20 heavy (non-hydrogen) atoms. The second kappa shape index (κ2) is 6.51. The summed E-state index contributed by atoms with van der Waals surface area (Å²) in [5.74, 6) is -0.713. The van der Waals surface area contributed by atoms with Gasteiger partial charge in [0.2, 0.25) is 0 Å². The van der Waals surface area contributed by atoms with Gasteiger partial charge in [-0.3, -0.25) is 0 Å². The van der Waals surface area contributed by atoms with Crippen molar-refractivity contribution >= 4 is 12.4 Å². The second-order valence-corrected chi connectivity index (χ2v) is 3.63. The van der Waals surface area contributed by atoms with Gasteiger partial charge in [-0.2, -0.15) is 13.2 Å². The van der Waals surface area contributed by atoms with Crippen LogP contribution in [0.5, 0.6) is 5.75 Å². The molecule has 0 aromatic heterocycles. The molecule has 10 heteroatoms. The normalized spacial score (nSPS) is 15.2. The van der Waals surface area contributed by atoms with Crippen LogP contribution < -0.4 is 10.5 Å². The Morgan fingerprint density at radius 3 is 2.10 bits per heavy atom. The zero-order valence-corrected chi connectivity index (χ0v) is 10.4. The zero-order chi connectivity index (χ0) is 14.8. The average Bonchev–Trinajstić information content (AvgIpc) is 2.23. The summed E-state index contributed by atoms with van der Waals surface area (Å²) in [4.78, 5) is 0. The predicted octanol–water partition coefficient (Wildman–Crippen LogP) is 2.93. The fraction of sp³-hybridized carbons (Fsp3) is 0.400. The van der Waals surface area contributed by atoms with Crippen LogP contribution in [0, 0.1) is 0 Å². The average molecular weight is 326 g/mol. The quantitative estimate of drug-likeness (QED) is 0.840. The lowest BCUT2D eigenvalue weighted by Gasteiger charge is -2.22. The van der Waals surface area contributed by atoms with E-state index in [1.807, 2.05) is 0 Å². The van der Waals surface area contributed by atoms with Gasteiger partial charge in [0.05, 0.1) is 6.04 Å². The summed E-state index contributed by atoms with van der Waals surface area (Å²) in [5.41, 5.74) is 4.82. The molecule has 0 saturated carbocycles. The SMILES string of the molecule is Cl.N[C@@H](c1cccc(OC(F)(F)F)c1)[C@H](O)C(F)(F)F. The Morgan fingerprint density at radius 1 is 1.10 bits per heavy atom. The molecule has 2 atom stereocenters. The van der Waals surface area contributed by atoms with E-state index in [0.29, 0.717) is 6.07 Å². The molecule has 3 N–H and O–H groups in total. The number of nitrogens with two attached hydrogens (primary N) is 1. The van der Waals surface area contributed by atoms with Crippen molar-refractivity contribution in [3.8, 4) is 5.75 Å². The molecule has 0 heterocycles. The van der Waals surface area contributed by atoms with Gasteiger partial charge in [0.15, 0.2) is 6.10 Å². The summed E-state index contributed by atoms with van der Waals surface area (Å²) in [6.07, 6.45) is -12.8. The Balaban J connectivity index is 0.00000361. The minimum absolute atomic E-state index is 0. The Kier molecular flexibility index (Phi) is 6.12. The van der Waals surface area contributed by atoms with Crippen molar-refractivity contribution in [3.05, 3.63) is 29.8 Å². The van der Waals surface area contributed by atoms with Crippen LogP contribution in [-0.2, 0) is 0 Å². The fourth-order valence-electron chi connectivity index (χ4n) is 1.30. The van der Waals surface area contributed by atoms with E-state index >= 15 is 0 Å². The number of alkyl halides is 6. The van der Waals surface area contributed by atoms with Gasteiger partial charge in [0, 0.05) is 0 Å². The zero-order valence-electron chi connectivity index (χ0n) is 9.57. The van der Waals surface area contributed by atoms with Gasteiger partial charge in [-0.15, -0.1) is 25.6 Å². The molecule has 0 bridgehead atoms. The maximum atomic E-state index is 12.2. The van der Waals surface area contributed by atoms with Gasteiger partial charge in [0.25, 0.3) is 0 Å². The van der Waals surface area contributed by atoms with Gasteiger partial charge in [-0.05, 0) is 17.7 Å². The molecule has 0 amide bonds. The van der Waals surface area contributed by atoms with Crippen molar-refractivity contribution in [2.24, 2.45) is 5.73 Å². The minimum atomic E-state index is -4.97. The lowest BCUT2D eigenvalue weighted by atomic mass is 10.0. The highest BCUT2D eigenvalue weighted by atomic mass is 35.5. The molecule has 0 spiro atoms. The van der Waals surface area contributed by atoms with Crippen molar-refractivity contribution in [2.75, 3.05) is 0 Å². The smallest absolute Gasteiger partial charge is 0.406 e. The summed E-state index contributed by atoms with van der Waals surface area (Å²) in [6.45, 7) is 0. The number of aliphatic hydroxyl groups excluding tert-OH is 1. The van der Waals surface area contributed by atoms with Crippen LogP contribution in [0.1, 0.15) is 11.6 Å². The van der Waals surface area contributed by atoms with Crippen molar-refractivity contribution in [1.29, 1.82) is 0 Å². The number of aliphatic hydroxyl groups is 1. The standard InChI is InChI=1S/C10H9F6NO2.ClH/c11-9(12,13)8(18)7(17)5-2-1-3-6(4-5)19-10(14,15)16;/h1-4,7-8,18H,17H2;1H/t7-,8-;/m0./s1. The van der Waals surface area contributed by atoms with E-state index in [9.17, 15) is 26.3 Å². The van der Waals surface area contributed by atoms with Crippen LogP contribution in [0.15, 0.2) is 24.3 Å². The molecule has 1 aromatic rings. The first kappa shape index (κ1) is 18.8. The fourth-order valence-corrected chi connectivity index (χ4v) is 1.30.